The Hall–Kier alpha value is -4.41. The van der Waals surface area contributed by atoms with Crippen molar-refractivity contribution >= 4 is 17.2 Å². The average molecular weight is 482 g/mol. The monoisotopic (exact) mass is 481 g/mol. The van der Waals surface area contributed by atoms with Gasteiger partial charge >= 0.3 is 0 Å². The molecule has 0 spiro atoms. The average Bonchev–Trinajstić information content (AvgIpc) is 3.24. The molecule has 35 heavy (non-hydrogen) atoms. The van der Waals surface area contributed by atoms with Gasteiger partial charge in [-0.3, -0.25) is 9.20 Å². The molecule has 5 rings (SSSR count). The minimum Gasteiger partial charge on any atom is -0.485 e. The van der Waals surface area contributed by atoms with Crippen molar-refractivity contribution in [3.63, 3.8) is 0 Å². The Morgan fingerprint density at radius 1 is 1.06 bits per heavy atom. The molecule has 0 aliphatic heterocycles. The van der Waals surface area contributed by atoms with Crippen LogP contribution >= 0.6 is 11.6 Å². The molecule has 0 unspecified atom stereocenters. The Bertz CT molecular complexity index is 1660. The van der Waals surface area contributed by atoms with Gasteiger partial charge in [0, 0.05) is 16.9 Å². The molecular weight excluding hydrogens is 462 g/mol. The van der Waals surface area contributed by atoms with E-state index in [4.69, 9.17) is 26.6 Å². The molecule has 0 saturated carbocycles. The molecule has 5 aromatic rings. The van der Waals surface area contributed by atoms with E-state index >= 15 is 0 Å². The van der Waals surface area contributed by atoms with Crippen LogP contribution in [0.4, 0.5) is 0 Å². The number of fused-ring (bicyclic) bond motifs is 1. The quantitative estimate of drug-likeness (QED) is 0.341. The summed E-state index contributed by atoms with van der Waals surface area (Å²) < 4.78 is 9.22. The van der Waals surface area contributed by atoms with Gasteiger partial charge in [0.2, 0.25) is 0 Å². The highest BCUT2D eigenvalue weighted by atomic mass is 35.5. The number of benzene rings is 2. The van der Waals surface area contributed by atoms with E-state index in [2.05, 4.69) is 11.2 Å². The zero-order valence-electron chi connectivity index (χ0n) is 19.1. The molecule has 0 saturated heterocycles. The fraction of sp³-hybridized carbons (Fsp3) is 0.111. The second-order valence-electron chi connectivity index (χ2n) is 8.10. The zero-order valence-corrected chi connectivity index (χ0v) is 19.8. The molecule has 3 heterocycles. The molecule has 0 amide bonds. The van der Waals surface area contributed by atoms with Crippen molar-refractivity contribution in [1.29, 1.82) is 5.26 Å². The van der Waals surface area contributed by atoms with Gasteiger partial charge in [-0.15, -0.1) is 0 Å². The van der Waals surface area contributed by atoms with E-state index in [1.165, 1.54) is 4.40 Å². The third-order valence-corrected chi connectivity index (χ3v) is 5.91. The standard InChI is InChI=1S/C27H20ClN5O2/c1-17-13-23(31-33(17)22-6-3-5-21(28)14-22)25-18(2)30-26-24(7-4-12-32(26)27(25)34)35-16-20-10-8-19(15-29)9-11-20/h3-14H,16H2,1-2H3. The SMILES string of the molecule is Cc1nc2c(OCc3ccc(C#N)cc3)cccn2c(=O)c1-c1cc(C)n(-c2cccc(Cl)c2)n1. The summed E-state index contributed by atoms with van der Waals surface area (Å²) in [6.07, 6.45) is 1.67. The topological polar surface area (TPSA) is 85.2 Å². The van der Waals surface area contributed by atoms with Crippen LogP contribution in [0.5, 0.6) is 5.75 Å². The van der Waals surface area contributed by atoms with Gasteiger partial charge in [0.1, 0.15) is 12.3 Å². The summed E-state index contributed by atoms with van der Waals surface area (Å²) in [4.78, 5) is 18.2. The summed E-state index contributed by atoms with van der Waals surface area (Å²) in [6, 6.07) is 22.0. The first kappa shape index (κ1) is 22.4. The highest BCUT2D eigenvalue weighted by molar-refractivity contribution is 6.30. The number of hydrogen-bond acceptors (Lipinski definition) is 5. The van der Waals surface area contributed by atoms with Gasteiger partial charge in [0.25, 0.3) is 5.56 Å². The predicted octanol–water partition coefficient (Wildman–Crippen LogP) is 5.27. The minimum absolute atomic E-state index is 0.230. The van der Waals surface area contributed by atoms with E-state index in [1.807, 2.05) is 43.3 Å². The molecule has 0 fully saturated rings. The van der Waals surface area contributed by atoms with Gasteiger partial charge in [-0.05, 0) is 67.9 Å². The van der Waals surface area contributed by atoms with Crippen LogP contribution in [0.3, 0.4) is 0 Å². The lowest BCUT2D eigenvalue weighted by Crippen LogP contribution is -2.19. The van der Waals surface area contributed by atoms with Crippen LogP contribution < -0.4 is 10.3 Å². The largest absolute Gasteiger partial charge is 0.485 e. The molecule has 0 radical (unpaired) electrons. The summed E-state index contributed by atoms with van der Waals surface area (Å²) in [5.41, 5.74) is 4.89. The Kier molecular flexibility index (Phi) is 5.81. The van der Waals surface area contributed by atoms with Gasteiger partial charge < -0.3 is 4.74 Å². The number of pyridine rings is 1. The van der Waals surface area contributed by atoms with Crippen LogP contribution in [0.15, 0.2) is 77.7 Å². The van der Waals surface area contributed by atoms with E-state index in [0.717, 1.165) is 16.9 Å². The molecule has 2 aromatic carbocycles. The maximum Gasteiger partial charge on any atom is 0.267 e. The highest BCUT2D eigenvalue weighted by Gasteiger charge is 2.18. The lowest BCUT2D eigenvalue weighted by molar-refractivity contribution is 0.308. The first-order valence-corrected chi connectivity index (χ1v) is 11.3. The van der Waals surface area contributed by atoms with Crippen molar-refractivity contribution in [1.82, 2.24) is 19.2 Å². The number of halogens is 1. The molecule has 3 aromatic heterocycles. The molecule has 172 valence electrons. The van der Waals surface area contributed by atoms with Crippen molar-refractivity contribution in [2.45, 2.75) is 20.5 Å². The van der Waals surface area contributed by atoms with Crippen molar-refractivity contribution in [3.8, 4) is 28.8 Å². The van der Waals surface area contributed by atoms with Crippen LogP contribution in [0.25, 0.3) is 22.6 Å². The lowest BCUT2D eigenvalue weighted by atomic mass is 10.1. The summed E-state index contributed by atoms with van der Waals surface area (Å²) in [7, 11) is 0. The van der Waals surface area contributed by atoms with E-state index in [-0.39, 0.29) is 12.2 Å². The number of aromatic nitrogens is 4. The van der Waals surface area contributed by atoms with Crippen LogP contribution in [0, 0.1) is 25.2 Å². The second kappa shape index (κ2) is 9.09. The molecule has 0 bridgehead atoms. The van der Waals surface area contributed by atoms with Gasteiger partial charge in [-0.2, -0.15) is 10.4 Å². The number of hydrogen-bond donors (Lipinski definition) is 0. The van der Waals surface area contributed by atoms with Crippen LogP contribution in [0.1, 0.15) is 22.5 Å². The number of aryl methyl sites for hydroxylation is 2. The Morgan fingerprint density at radius 3 is 2.60 bits per heavy atom. The van der Waals surface area contributed by atoms with Crippen molar-refractivity contribution < 1.29 is 4.74 Å². The van der Waals surface area contributed by atoms with Crippen molar-refractivity contribution in [3.05, 3.63) is 111 Å². The molecule has 0 aliphatic carbocycles. The molecule has 7 nitrogen and oxygen atoms in total. The van der Waals surface area contributed by atoms with Gasteiger partial charge in [-0.1, -0.05) is 29.8 Å². The number of ether oxygens (including phenoxy) is 1. The van der Waals surface area contributed by atoms with Gasteiger partial charge in [0.15, 0.2) is 11.4 Å². The Labute approximate surface area is 206 Å². The van der Waals surface area contributed by atoms with Crippen LogP contribution in [0.2, 0.25) is 5.02 Å². The smallest absolute Gasteiger partial charge is 0.267 e. The minimum atomic E-state index is -0.230. The van der Waals surface area contributed by atoms with E-state index in [1.54, 1.807) is 48.1 Å². The van der Waals surface area contributed by atoms with Crippen LogP contribution in [-0.2, 0) is 6.61 Å². The Balaban J connectivity index is 1.53. The Morgan fingerprint density at radius 2 is 1.86 bits per heavy atom. The predicted molar refractivity (Wildman–Crippen MR) is 134 cm³/mol. The van der Waals surface area contributed by atoms with E-state index in [9.17, 15) is 4.79 Å². The number of nitrogens with zero attached hydrogens (tertiary/aromatic N) is 5. The van der Waals surface area contributed by atoms with Crippen molar-refractivity contribution in [2.75, 3.05) is 0 Å². The maximum absolute atomic E-state index is 13.5. The molecule has 0 atom stereocenters. The van der Waals surface area contributed by atoms with Crippen molar-refractivity contribution in [2.24, 2.45) is 0 Å². The lowest BCUT2D eigenvalue weighted by Gasteiger charge is -2.12. The highest BCUT2D eigenvalue weighted by Crippen LogP contribution is 2.25. The fourth-order valence-electron chi connectivity index (χ4n) is 3.95. The number of rotatable bonds is 5. The summed E-state index contributed by atoms with van der Waals surface area (Å²) >= 11 is 6.15. The molecule has 0 aliphatic rings. The van der Waals surface area contributed by atoms with Gasteiger partial charge in [0.05, 0.1) is 28.6 Å². The molecule has 8 heteroatoms. The summed E-state index contributed by atoms with van der Waals surface area (Å²) in [5.74, 6) is 0.490. The fourth-order valence-corrected chi connectivity index (χ4v) is 4.14. The summed E-state index contributed by atoms with van der Waals surface area (Å²) in [6.45, 7) is 4.00. The van der Waals surface area contributed by atoms with E-state index < -0.39 is 0 Å². The summed E-state index contributed by atoms with van der Waals surface area (Å²) in [5, 5.41) is 14.3. The van der Waals surface area contributed by atoms with Gasteiger partial charge in [-0.25, -0.2) is 9.67 Å². The van der Waals surface area contributed by atoms with E-state index in [0.29, 0.717) is 38.9 Å². The third kappa shape index (κ3) is 4.27. The normalized spacial score (nSPS) is 10.9. The van der Waals surface area contributed by atoms with Crippen LogP contribution in [-0.4, -0.2) is 19.2 Å². The maximum atomic E-state index is 13.5. The first-order chi connectivity index (χ1) is 16.9. The second-order valence-corrected chi connectivity index (χ2v) is 8.54. The first-order valence-electron chi connectivity index (χ1n) is 10.9. The number of nitriles is 1. The third-order valence-electron chi connectivity index (χ3n) is 5.67. The zero-order chi connectivity index (χ0) is 24.5. The molecule has 0 N–H and O–H groups in total. The molecular formula is C27H20ClN5O2.